The van der Waals surface area contributed by atoms with Crippen LogP contribution in [0.15, 0.2) is 48.8 Å². The van der Waals surface area contributed by atoms with Crippen LogP contribution in [0.25, 0.3) is 0 Å². The van der Waals surface area contributed by atoms with Crippen LogP contribution in [0, 0.1) is 17.2 Å². The maximum Gasteiger partial charge on any atom is 0.251 e. The van der Waals surface area contributed by atoms with Crippen LogP contribution < -0.4 is 5.32 Å². The first-order valence-corrected chi connectivity index (χ1v) is 8.04. The highest BCUT2D eigenvalue weighted by atomic mass is 16.2. The number of pyridine rings is 1. The summed E-state index contributed by atoms with van der Waals surface area (Å²) in [6.45, 7) is 0.405. The van der Waals surface area contributed by atoms with Crippen molar-refractivity contribution in [3.63, 3.8) is 0 Å². The number of carbonyl (C=O) groups excluding carboxylic acids is 2. The summed E-state index contributed by atoms with van der Waals surface area (Å²) in [6.07, 6.45) is 3.81. The molecule has 6 heteroatoms. The number of nitrogens with zero attached hydrogens (tertiary/aromatic N) is 3. The van der Waals surface area contributed by atoms with Gasteiger partial charge in [-0.1, -0.05) is 0 Å². The molecule has 1 aliphatic heterocycles. The Morgan fingerprint density at radius 2 is 1.96 bits per heavy atom. The molecule has 0 radical (unpaired) electrons. The minimum atomic E-state index is -0.208. The third-order valence-electron chi connectivity index (χ3n) is 4.54. The minimum Gasteiger partial charge on any atom is -0.352 e. The summed E-state index contributed by atoms with van der Waals surface area (Å²) in [4.78, 5) is 30.2. The molecule has 2 amide bonds. The predicted molar refractivity (Wildman–Crippen MR) is 91.3 cm³/mol. The zero-order valence-electron chi connectivity index (χ0n) is 13.8. The number of hydrogen-bond acceptors (Lipinski definition) is 4. The van der Waals surface area contributed by atoms with Gasteiger partial charge in [-0.25, -0.2) is 0 Å². The zero-order chi connectivity index (χ0) is 17.8. The first-order valence-electron chi connectivity index (χ1n) is 8.04. The number of hydrogen-bond donors (Lipinski definition) is 1. The Bertz CT molecular complexity index is 812. The van der Waals surface area contributed by atoms with Gasteiger partial charge in [-0.05, 0) is 42.0 Å². The van der Waals surface area contributed by atoms with Crippen LogP contribution in [0.3, 0.4) is 0 Å². The lowest BCUT2D eigenvalue weighted by molar-refractivity contribution is -0.127. The molecular weight excluding hydrogens is 316 g/mol. The van der Waals surface area contributed by atoms with Crippen molar-refractivity contribution in [3.8, 4) is 6.07 Å². The molecule has 126 valence electrons. The van der Waals surface area contributed by atoms with Gasteiger partial charge >= 0.3 is 0 Å². The van der Waals surface area contributed by atoms with Crippen molar-refractivity contribution in [1.82, 2.24) is 15.2 Å². The molecule has 0 unspecified atom stereocenters. The van der Waals surface area contributed by atoms with Crippen LogP contribution >= 0.6 is 0 Å². The molecule has 0 saturated carbocycles. The van der Waals surface area contributed by atoms with Crippen molar-refractivity contribution < 1.29 is 9.59 Å². The second-order valence-corrected chi connectivity index (χ2v) is 6.09. The van der Waals surface area contributed by atoms with Crippen molar-refractivity contribution in [2.45, 2.75) is 12.5 Å². The standard InChI is InChI=1S/C19H18N4O2/c1-23-17(24)10-16(18(23)14-6-8-21-9-7-14)12-22-19(25)15-4-2-13(11-20)3-5-15/h2-9,16,18H,10,12H2,1H3,(H,22,25)/t16-,18-/m0/s1. The fourth-order valence-corrected chi connectivity index (χ4v) is 3.21. The number of carbonyl (C=O) groups is 2. The molecule has 1 saturated heterocycles. The molecule has 25 heavy (non-hydrogen) atoms. The average Bonchev–Trinajstić information content (AvgIpc) is 2.94. The normalized spacial score (nSPS) is 19.5. The van der Waals surface area contributed by atoms with Gasteiger partial charge in [-0.2, -0.15) is 5.26 Å². The second-order valence-electron chi connectivity index (χ2n) is 6.09. The Labute approximate surface area is 146 Å². The molecule has 0 bridgehead atoms. The summed E-state index contributed by atoms with van der Waals surface area (Å²) < 4.78 is 0. The van der Waals surface area contributed by atoms with E-state index in [0.717, 1.165) is 5.56 Å². The molecule has 0 spiro atoms. The molecule has 1 aromatic carbocycles. The van der Waals surface area contributed by atoms with E-state index in [2.05, 4.69) is 10.3 Å². The Kier molecular flexibility index (Phi) is 4.75. The number of nitriles is 1. The van der Waals surface area contributed by atoms with E-state index in [4.69, 9.17) is 5.26 Å². The lowest BCUT2D eigenvalue weighted by Crippen LogP contribution is -2.32. The number of aromatic nitrogens is 1. The SMILES string of the molecule is CN1C(=O)C[C@@H](CNC(=O)c2ccc(C#N)cc2)[C@@H]1c1ccncc1. The second kappa shape index (κ2) is 7.14. The van der Waals surface area contributed by atoms with Gasteiger partial charge in [0.15, 0.2) is 0 Å². The minimum absolute atomic E-state index is 0.00207. The van der Waals surface area contributed by atoms with Crippen LogP contribution in [-0.4, -0.2) is 35.3 Å². The van der Waals surface area contributed by atoms with Gasteiger partial charge in [-0.15, -0.1) is 0 Å². The highest BCUT2D eigenvalue weighted by Crippen LogP contribution is 2.36. The van der Waals surface area contributed by atoms with E-state index in [-0.39, 0.29) is 23.8 Å². The van der Waals surface area contributed by atoms with Crippen LogP contribution in [-0.2, 0) is 4.79 Å². The highest BCUT2D eigenvalue weighted by molar-refractivity contribution is 5.94. The van der Waals surface area contributed by atoms with Gasteiger partial charge in [0.2, 0.25) is 5.91 Å². The maximum atomic E-state index is 12.3. The number of rotatable bonds is 4. The third-order valence-corrected chi connectivity index (χ3v) is 4.54. The summed E-state index contributed by atoms with van der Waals surface area (Å²) in [5, 5.41) is 11.7. The molecule has 3 rings (SSSR count). The van der Waals surface area contributed by atoms with Crippen molar-refractivity contribution in [2.24, 2.45) is 5.92 Å². The summed E-state index contributed by atoms with van der Waals surface area (Å²) in [5.74, 6) is -0.137. The molecule has 6 nitrogen and oxygen atoms in total. The topological polar surface area (TPSA) is 86.1 Å². The Morgan fingerprint density at radius 3 is 2.60 bits per heavy atom. The summed E-state index contributed by atoms with van der Waals surface area (Å²) in [5.41, 5.74) is 2.02. The first kappa shape index (κ1) is 16.7. The van der Waals surface area contributed by atoms with Gasteiger partial charge in [-0.3, -0.25) is 14.6 Å². The molecule has 2 heterocycles. The number of likely N-dealkylation sites (tertiary alicyclic amines) is 1. The lowest BCUT2D eigenvalue weighted by Gasteiger charge is -2.25. The summed E-state index contributed by atoms with van der Waals surface area (Å²) in [7, 11) is 1.79. The molecule has 1 fully saturated rings. The zero-order valence-corrected chi connectivity index (χ0v) is 13.8. The number of benzene rings is 1. The van der Waals surface area contributed by atoms with E-state index in [1.807, 2.05) is 18.2 Å². The third kappa shape index (κ3) is 3.50. The van der Waals surface area contributed by atoms with E-state index >= 15 is 0 Å². The van der Waals surface area contributed by atoms with Crippen molar-refractivity contribution in [1.29, 1.82) is 5.26 Å². The average molecular weight is 334 g/mol. The first-order chi connectivity index (χ1) is 12.1. The molecule has 2 atom stereocenters. The van der Waals surface area contributed by atoms with Gasteiger partial charge in [0, 0.05) is 43.9 Å². The Morgan fingerprint density at radius 1 is 1.28 bits per heavy atom. The van der Waals surface area contributed by atoms with E-state index < -0.39 is 0 Å². The largest absolute Gasteiger partial charge is 0.352 e. The maximum absolute atomic E-state index is 12.3. The fourth-order valence-electron chi connectivity index (χ4n) is 3.21. The molecule has 2 aromatic rings. The Hall–Kier alpha value is -3.20. The molecule has 0 aliphatic carbocycles. The quantitative estimate of drug-likeness (QED) is 0.925. The monoisotopic (exact) mass is 334 g/mol. The van der Waals surface area contributed by atoms with Crippen molar-refractivity contribution >= 4 is 11.8 Å². The Balaban J connectivity index is 1.69. The number of amides is 2. The predicted octanol–water partition coefficient (Wildman–Crippen LogP) is 1.90. The van der Waals surface area contributed by atoms with E-state index in [1.54, 1.807) is 48.6 Å². The van der Waals surface area contributed by atoms with Crippen LogP contribution in [0.4, 0.5) is 0 Å². The summed E-state index contributed by atoms with van der Waals surface area (Å²) in [6, 6.07) is 12.2. The highest BCUT2D eigenvalue weighted by Gasteiger charge is 2.38. The van der Waals surface area contributed by atoms with Gasteiger partial charge < -0.3 is 10.2 Å². The number of nitrogens with one attached hydrogen (secondary N) is 1. The van der Waals surface area contributed by atoms with E-state index in [1.165, 1.54) is 0 Å². The van der Waals surface area contributed by atoms with Crippen LogP contribution in [0.5, 0.6) is 0 Å². The van der Waals surface area contributed by atoms with Gasteiger partial charge in [0.05, 0.1) is 17.7 Å². The fraction of sp³-hybridized carbons (Fsp3) is 0.263. The lowest BCUT2D eigenvalue weighted by atomic mass is 9.94. The van der Waals surface area contributed by atoms with Crippen LogP contribution in [0.1, 0.15) is 33.9 Å². The molecule has 1 aromatic heterocycles. The van der Waals surface area contributed by atoms with Crippen LogP contribution in [0.2, 0.25) is 0 Å². The molecule has 1 N–H and O–H groups in total. The van der Waals surface area contributed by atoms with Crippen molar-refractivity contribution in [3.05, 3.63) is 65.5 Å². The van der Waals surface area contributed by atoms with Crippen molar-refractivity contribution in [2.75, 3.05) is 13.6 Å². The molecule has 1 aliphatic rings. The molecular formula is C19H18N4O2. The smallest absolute Gasteiger partial charge is 0.251 e. The van der Waals surface area contributed by atoms with Gasteiger partial charge in [0.25, 0.3) is 5.91 Å². The van der Waals surface area contributed by atoms with E-state index in [0.29, 0.717) is 24.1 Å². The van der Waals surface area contributed by atoms with E-state index in [9.17, 15) is 9.59 Å². The summed E-state index contributed by atoms with van der Waals surface area (Å²) >= 11 is 0. The van der Waals surface area contributed by atoms with Gasteiger partial charge in [0.1, 0.15) is 0 Å².